The summed E-state index contributed by atoms with van der Waals surface area (Å²) in [7, 11) is 0. The van der Waals surface area contributed by atoms with Crippen LogP contribution in [-0.2, 0) is 6.42 Å². The summed E-state index contributed by atoms with van der Waals surface area (Å²) in [4.78, 5) is 10.6. The molecule has 0 aliphatic carbocycles. The molecule has 0 saturated heterocycles. The zero-order chi connectivity index (χ0) is 19.8. The number of nitrogens with one attached hydrogen (secondary N) is 1. The molecule has 2 heterocycles. The molecule has 6 heteroatoms. The zero-order valence-electron chi connectivity index (χ0n) is 15.8. The van der Waals surface area contributed by atoms with Crippen LogP contribution in [0.25, 0.3) is 27.7 Å². The summed E-state index contributed by atoms with van der Waals surface area (Å²) < 4.78 is 1.89. The van der Waals surface area contributed by atoms with Crippen LogP contribution < -0.4 is 5.32 Å². The van der Waals surface area contributed by atoms with E-state index < -0.39 is 0 Å². The minimum atomic E-state index is -0.382. The summed E-state index contributed by atoms with van der Waals surface area (Å²) in [5.74, 6) is 0.985. The highest BCUT2D eigenvalue weighted by Crippen LogP contribution is 2.37. The van der Waals surface area contributed by atoms with Crippen molar-refractivity contribution < 1.29 is 4.92 Å². The molecule has 1 aliphatic heterocycles. The van der Waals surface area contributed by atoms with Crippen molar-refractivity contribution in [1.82, 2.24) is 9.78 Å². The number of fused-ring (bicyclic) bond motifs is 2. The smallest absolute Gasteiger partial charge is 0.269 e. The number of benzene rings is 3. The molecule has 3 aromatic carbocycles. The van der Waals surface area contributed by atoms with E-state index >= 15 is 0 Å². The fraction of sp³-hybridized carbons (Fsp3) is 0.174. The molecule has 0 bridgehead atoms. The van der Waals surface area contributed by atoms with Crippen molar-refractivity contribution in [2.75, 3.05) is 11.9 Å². The van der Waals surface area contributed by atoms with Crippen molar-refractivity contribution in [3.05, 3.63) is 82.4 Å². The third-order valence-electron chi connectivity index (χ3n) is 5.48. The van der Waals surface area contributed by atoms with Gasteiger partial charge in [-0.2, -0.15) is 5.10 Å². The van der Waals surface area contributed by atoms with Gasteiger partial charge in [-0.1, -0.05) is 42.5 Å². The van der Waals surface area contributed by atoms with Gasteiger partial charge >= 0.3 is 0 Å². The van der Waals surface area contributed by atoms with Crippen LogP contribution in [0, 0.1) is 10.1 Å². The van der Waals surface area contributed by atoms with Crippen LogP contribution in [0.1, 0.15) is 18.4 Å². The Balaban J connectivity index is 1.72. The molecule has 0 amide bonds. The van der Waals surface area contributed by atoms with Crippen LogP contribution in [0.15, 0.2) is 66.7 Å². The number of non-ortho nitro benzene ring substituents is 1. The van der Waals surface area contributed by atoms with Crippen molar-refractivity contribution in [1.29, 1.82) is 0 Å². The predicted molar refractivity (Wildman–Crippen MR) is 115 cm³/mol. The van der Waals surface area contributed by atoms with E-state index in [0.29, 0.717) is 0 Å². The molecule has 0 fully saturated rings. The van der Waals surface area contributed by atoms with Crippen LogP contribution in [-0.4, -0.2) is 21.2 Å². The summed E-state index contributed by atoms with van der Waals surface area (Å²) in [6.45, 7) is 0.890. The molecule has 1 aromatic heterocycles. The molecule has 144 valence electrons. The zero-order valence-corrected chi connectivity index (χ0v) is 15.8. The number of hydrogen-bond acceptors (Lipinski definition) is 4. The van der Waals surface area contributed by atoms with Gasteiger partial charge in [0.05, 0.1) is 16.3 Å². The Bertz CT molecular complexity index is 1210. The Kier molecular flexibility index (Phi) is 4.24. The second-order valence-corrected chi connectivity index (χ2v) is 7.27. The van der Waals surface area contributed by atoms with E-state index in [1.165, 1.54) is 28.5 Å². The van der Waals surface area contributed by atoms with Gasteiger partial charge in [-0.05, 0) is 42.2 Å². The fourth-order valence-electron chi connectivity index (χ4n) is 4.05. The Hall–Kier alpha value is -3.67. The van der Waals surface area contributed by atoms with E-state index in [1.807, 2.05) is 10.7 Å². The van der Waals surface area contributed by atoms with Gasteiger partial charge in [0, 0.05) is 29.8 Å². The van der Waals surface area contributed by atoms with Gasteiger partial charge in [0.2, 0.25) is 0 Å². The van der Waals surface area contributed by atoms with Crippen LogP contribution >= 0.6 is 0 Å². The highest BCUT2D eigenvalue weighted by molar-refractivity contribution is 5.97. The van der Waals surface area contributed by atoms with Crippen molar-refractivity contribution >= 4 is 22.3 Å². The van der Waals surface area contributed by atoms with Gasteiger partial charge in [-0.3, -0.25) is 10.1 Å². The topological polar surface area (TPSA) is 73.0 Å². The maximum absolute atomic E-state index is 11.0. The number of rotatable bonds is 3. The molecular formula is C23H20N4O2. The average Bonchev–Trinajstić information content (AvgIpc) is 2.93. The van der Waals surface area contributed by atoms with E-state index in [2.05, 4.69) is 41.7 Å². The lowest BCUT2D eigenvalue weighted by Gasteiger charge is -2.09. The highest BCUT2D eigenvalue weighted by Gasteiger charge is 2.23. The summed E-state index contributed by atoms with van der Waals surface area (Å²) in [6, 6.07) is 21.2. The summed E-state index contributed by atoms with van der Waals surface area (Å²) in [5, 5.41) is 21.9. The maximum atomic E-state index is 11.0. The van der Waals surface area contributed by atoms with Crippen LogP contribution in [0.2, 0.25) is 0 Å². The Morgan fingerprint density at radius 1 is 0.966 bits per heavy atom. The standard InChI is InChI=1S/C23H20N4O2/c28-27(29)18-13-11-17(12-14-18)26-23-21(9-3-4-15-24-23)22(25-26)20-10-5-7-16-6-1-2-8-19(16)20/h1-2,5-8,10-14,24H,3-4,9,15H2. The molecule has 1 aliphatic rings. The monoisotopic (exact) mass is 384 g/mol. The highest BCUT2D eigenvalue weighted by atomic mass is 16.6. The Morgan fingerprint density at radius 2 is 1.76 bits per heavy atom. The average molecular weight is 384 g/mol. The second-order valence-electron chi connectivity index (χ2n) is 7.27. The third-order valence-corrected chi connectivity index (χ3v) is 5.48. The van der Waals surface area contributed by atoms with Gasteiger partial charge in [-0.15, -0.1) is 0 Å². The summed E-state index contributed by atoms with van der Waals surface area (Å²) >= 11 is 0. The van der Waals surface area contributed by atoms with Gasteiger partial charge in [-0.25, -0.2) is 4.68 Å². The molecule has 0 atom stereocenters. The lowest BCUT2D eigenvalue weighted by Crippen LogP contribution is -2.07. The van der Waals surface area contributed by atoms with Crippen molar-refractivity contribution in [2.24, 2.45) is 0 Å². The van der Waals surface area contributed by atoms with Crippen LogP contribution in [0.5, 0.6) is 0 Å². The first-order valence-electron chi connectivity index (χ1n) is 9.81. The van der Waals surface area contributed by atoms with Crippen LogP contribution in [0.4, 0.5) is 11.5 Å². The molecule has 6 nitrogen and oxygen atoms in total. The Morgan fingerprint density at radius 3 is 2.59 bits per heavy atom. The second kappa shape index (κ2) is 7.05. The van der Waals surface area contributed by atoms with Crippen LogP contribution in [0.3, 0.4) is 0 Å². The molecule has 0 radical (unpaired) electrons. The molecule has 0 unspecified atom stereocenters. The van der Waals surface area contributed by atoms with E-state index in [0.717, 1.165) is 48.6 Å². The molecule has 0 saturated carbocycles. The van der Waals surface area contributed by atoms with Gasteiger partial charge in [0.1, 0.15) is 5.82 Å². The Labute approximate surface area is 167 Å². The minimum Gasteiger partial charge on any atom is -0.370 e. The number of nitrogens with zero attached hydrogens (tertiary/aromatic N) is 3. The molecule has 29 heavy (non-hydrogen) atoms. The van der Waals surface area contributed by atoms with Crippen molar-refractivity contribution in [3.8, 4) is 16.9 Å². The molecule has 5 rings (SSSR count). The summed E-state index contributed by atoms with van der Waals surface area (Å²) in [6.07, 6.45) is 3.15. The first-order chi connectivity index (χ1) is 14.2. The van der Waals surface area contributed by atoms with Gasteiger partial charge in [0.25, 0.3) is 5.69 Å². The number of nitro benzene ring substituents is 1. The van der Waals surface area contributed by atoms with Crippen molar-refractivity contribution in [2.45, 2.75) is 19.3 Å². The number of hydrogen-bond donors (Lipinski definition) is 1. The first kappa shape index (κ1) is 17.4. The maximum Gasteiger partial charge on any atom is 0.269 e. The predicted octanol–water partition coefficient (Wildman–Crippen LogP) is 5.35. The number of aromatic nitrogens is 2. The summed E-state index contributed by atoms with van der Waals surface area (Å²) in [5.41, 5.74) is 4.19. The third kappa shape index (κ3) is 3.02. The van der Waals surface area contributed by atoms with Gasteiger partial charge < -0.3 is 5.32 Å². The number of nitro groups is 1. The van der Waals surface area contributed by atoms with Crippen molar-refractivity contribution in [3.63, 3.8) is 0 Å². The molecular weight excluding hydrogens is 364 g/mol. The SMILES string of the molecule is O=[N+]([O-])c1ccc(-n2nc(-c3cccc4ccccc34)c3c2NCCCC3)cc1. The van der Waals surface area contributed by atoms with E-state index in [4.69, 9.17) is 5.10 Å². The molecule has 1 N–H and O–H groups in total. The lowest BCUT2D eigenvalue weighted by atomic mass is 9.98. The molecule has 4 aromatic rings. The molecule has 0 spiro atoms. The normalized spacial score (nSPS) is 13.5. The quantitative estimate of drug-likeness (QED) is 0.382. The van der Waals surface area contributed by atoms with Gasteiger partial charge in [0.15, 0.2) is 0 Å². The lowest BCUT2D eigenvalue weighted by molar-refractivity contribution is -0.384. The first-order valence-corrected chi connectivity index (χ1v) is 9.81. The number of anilines is 1. The largest absolute Gasteiger partial charge is 0.370 e. The van der Waals surface area contributed by atoms with E-state index in [-0.39, 0.29) is 10.6 Å². The van der Waals surface area contributed by atoms with E-state index in [9.17, 15) is 10.1 Å². The minimum absolute atomic E-state index is 0.0780. The van der Waals surface area contributed by atoms with E-state index in [1.54, 1.807) is 12.1 Å². The fourth-order valence-corrected chi connectivity index (χ4v) is 4.05.